The molecular formula is C16H15ClN2O. The van der Waals surface area contributed by atoms with Crippen LogP contribution < -0.4 is 5.43 Å². The van der Waals surface area contributed by atoms with Gasteiger partial charge in [-0.15, -0.1) is 0 Å². The van der Waals surface area contributed by atoms with E-state index in [0.717, 1.165) is 11.3 Å². The summed E-state index contributed by atoms with van der Waals surface area (Å²) in [7, 11) is 0. The summed E-state index contributed by atoms with van der Waals surface area (Å²) in [5.74, 6) is -0.264. The number of nitrogens with zero attached hydrogens (tertiary/aromatic N) is 1. The lowest BCUT2D eigenvalue weighted by molar-refractivity contribution is 0.0954. The lowest BCUT2D eigenvalue weighted by Crippen LogP contribution is -2.19. The summed E-state index contributed by atoms with van der Waals surface area (Å²) in [5.41, 5.74) is 5.03. The number of hydrogen-bond acceptors (Lipinski definition) is 2. The van der Waals surface area contributed by atoms with Crippen molar-refractivity contribution >= 4 is 23.2 Å². The van der Waals surface area contributed by atoms with E-state index in [1.165, 1.54) is 0 Å². The molecule has 0 saturated carbocycles. The minimum atomic E-state index is -0.264. The molecule has 0 saturated heterocycles. The van der Waals surface area contributed by atoms with Gasteiger partial charge < -0.3 is 0 Å². The number of rotatable bonds is 4. The Kier molecular flexibility index (Phi) is 4.91. The Morgan fingerprint density at radius 3 is 2.60 bits per heavy atom. The Morgan fingerprint density at radius 1 is 1.15 bits per heavy atom. The van der Waals surface area contributed by atoms with E-state index in [9.17, 15) is 4.79 Å². The van der Waals surface area contributed by atoms with E-state index in [1.807, 2.05) is 37.3 Å². The minimum Gasteiger partial charge on any atom is -0.267 e. The molecule has 3 nitrogen and oxygen atoms in total. The van der Waals surface area contributed by atoms with Crippen molar-refractivity contribution in [3.05, 3.63) is 70.7 Å². The number of benzene rings is 2. The van der Waals surface area contributed by atoms with Crippen molar-refractivity contribution in [1.29, 1.82) is 0 Å². The van der Waals surface area contributed by atoms with Crippen molar-refractivity contribution in [3.8, 4) is 0 Å². The van der Waals surface area contributed by atoms with Crippen LogP contribution in [0.15, 0.2) is 59.7 Å². The predicted molar refractivity (Wildman–Crippen MR) is 82.2 cm³/mol. The van der Waals surface area contributed by atoms with Crippen LogP contribution in [-0.4, -0.2) is 11.6 Å². The second-order valence-electron chi connectivity index (χ2n) is 4.46. The van der Waals surface area contributed by atoms with Gasteiger partial charge in [0.25, 0.3) is 5.91 Å². The zero-order valence-electron chi connectivity index (χ0n) is 11.1. The quantitative estimate of drug-likeness (QED) is 0.676. The second kappa shape index (κ2) is 6.87. The first-order valence-electron chi connectivity index (χ1n) is 6.28. The Bertz CT molecular complexity index is 623. The van der Waals surface area contributed by atoms with Gasteiger partial charge in [0.2, 0.25) is 0 Å². The van der Waals surface area contributed by atoms with E-state index >= 15 is 0 Å². The molecule has 0 spiro atoms. The first-order valence-corrected chi connectivity index (χ1v) is 6.66. The van der Waals surface area contributed by atoms with Gasteiger partial charge in [0.05, 0.1) is 0 Å². The van der Waals surface area contributed by atoms with Crippen LogP contribution in [0.25, 0.3) is 0 Å². The van der Waals surface area contributed by atoms with E-state index in [2.05, 4.69) is 10.5 Å². The average molecular weight is 287 g/mol. The third kappa shape index (κ3) is 4.21. The van der Waals surface area contributed by atoms with Crippen molar-refractivity contribution in [1.82, 2.24) is 5.43 Å². The third-order valence-corrected chi connectivity index (χ3v) is 2.97. The zero-order chi connectivity index (χ0) is 14.4. The summed E-state index contributed by atoms with van der Waals surface area (Å²) >= 11 is 5.84. The van der Waals surface area contributed by atoms with Gasteiger partial charge >= 0.3 is 0 Å². The molecule has 1 N–H and O–H groups in total. The van der Waals surface area contributed by atoms with E-state index in [-0.39, 0.29) is 5.91 Å². The molecule has 0 bridgehead atoms. The van der Waals surface area contributed by atoms with Gasteiger partial charge in [-0.05, 0) is 30.7 Å². The average Bonchev–Trinajstić information content (AvgIpc) is 2.46. The molecule has 2 aromatic rings. The summed E-state index contributed by atoms with van der Waals surface area (Å²) in [6, 6.07) is 16.7. The van der Waals surface area contributed by atoms with Crippen LogP contribution in [0.5, 0.6) is 0 Å². The van der Waals surface area contributed by atoms with Gasteiger partial charge in [-0.2, -0.15) is 5.10 Å². The largest absolute Gasteiger partial charge is 0.271 e. The molecule has 0 aliphatic heterocycles. The number of carbonyl (C=O) groups excluding carboxylic acids is 1. The monoisotopic (exact) mass is 286 g/mol. The number of hydrogen-bond donors (Lipinski definition) is 1. The van der Waals surface area contributed by atoms with Gasteiger partial charge in [-0.25, -0.2) is 5.43 Å². The van der Waals surface area contributed by atoms with Crippen LogP contribution in [0.4, 0.5) is 0 Å². The number of carbonyl (C=O) groups is 1. The molecule has 0 unspecified atom stereocenters. The van der Waals surface area contributed by atoms with Crippen molar-refractivity contribution in [2.24, 2.45) is 5.10 Å². The van der Waals surface area contributed by atoms with E-state index in [4.69, 9.17) is 11.6 Å². The summed E-state index contributed by atoms with van der Waals surface area (Å²) in [6.45, 7) is 1.88. The molecule has 102 valence electrons. The molecule has 2 aromatic carbocycles. The molecule has 4 heteroatoms. The SMILES string of the molecule is C/C(Cc1ccccc1)=N\NC(=O)c1cccc(Cl)c1. The van der Waals surface area contributed by atoms with Crippen LogP contribution in [0, 0.1) is 0 Å². The van der Waals surface area contributed by atoms with Gasteiger partial charge in [-0.1, -0.05) is 48.0 Å². The molecular weight excluding hydrogens is 272 g/mol. The van der Waals surface area contributed by atoms with E-state index in [1.54, 1.807) is 24.3 Å². The Hall–Kier alpha value is -2.13. The van der Waals surface area contributed by atoms with Gasteiger partial charge in [-0.3, -0.25) is 4.79 Å². The lowest BCUT2D eigenvalue weighted by Gasteiger charge is -2.03. The number of amides is 1. The Labute approximate surface area is 123 Å². The van der Waals surface area contributed by atoms with Crippen LogP contribution in [0.3, 0.4) is 0 Å². The topological polar surface area (TPSA) is 41.5 Å². The fourth-order valence-electron chi connectivity index (χ4n) is 1.77. The number of hydrazone groups is 1. The standard InChI is InChI=1S/C16H15ClN2O/c1-12(10-13-6-3-2-4-7-13)18-19-16(20)14-8-5-9-15(17)11-14/h2-9,11H,10H2,1H3,(H,19,20)/b18-12+. The molecule has 0 aromatic heterocycles. The maximum absolute atomic E-state index is 11.9. The zero-order valence-corrected chi connectivity index (χ0v) is 11.9. The highest BCUT2D eigenvalue weighted by molar-refractivity contribution is 6.30. The van der Waals surface area contributed by atoms with Gasteiger partial charge in [0.15, 0.2) is 0 Å². The minimum absolute atomic E-state index is 0.264. The van der Waals surface area contributed by atoms with Crippen LogP contribution in [0.1, 0.15) is 22.8 Å². The first-order chi connectivity index (χ1) is 9.65. The Morgan fingerprint density at radius 2 is 1.90 bits per heavy atom. The highest BCUT2D eigenvalue weighted by atomic mass is 35.5. The molecule has 0 fully saturated rings. The summed E-state index contributed by atoms with van der Waals surface area (Å²) in [5, 5.41) is 4.63. The highest BCUT2D eigenvalue weighted by Gasteiger charge is 2.04. The molecule has 0 aliphatic rings. The smallest absolute Gasteiger partial charge is 0.267 e. The van der Waals surface area contributed by atoms with Crippen molar-refractivity contribution in [3.63, 3.8) is 0 Å². The summed E-state index contributed by atoms with van der Waals surface area (Å²) in [6.07, 6.45) is 0.705. The Balaban J connectivity index is 1.96. The fraction of sp³-hybridized carbons (Fsp3) is 0.125. The maximum atomic E-state index is 11.9. The van der Waals surface area contributed by atoms with Gasteiger partial charge in [0, 0.05) is 22.7 Å². The van der Waals surface area contributed by atoms with Crippen LogP contribution in [0.2, 0.25) is 5.02 Å². The summed E-state index contributed by atoms with van der Waals surface area (Å²) < 4.78 is 0. The molecule has 0 aliphatic carbocycles. The van der Waals surface area contributed by atoms with Gasteiger partial charge in [0.1, 0.15) is 0 Å². The molecule has 0 atom stereocenters. The fourth-order valence-corrected chi connectivity index (χ4v) is 1.96. The van der Waals surface area contributed by atoms with Crippen molar-refractivity contribution < 1.29 is 4.79 Å². The first kappa shape index (κ1) is 14.3. The molecule has 20 heavy (non-hydrogen) atoms. The molecule has 0 radical (unpaired) electrons. The normalized spacial score (nSPS) is 11.2. The maximum Gasteiger partial charge on any atom is 0.271 e. The lowest BCUT2D eigenvalue weighted by atomic mass is 10.1. The second-order valence-corrected chi connectivity index (χ2v) is 4.90. The van der Waals surface area contributed by atoms with Crippen LogP contribution in [-0.2, 0) is 6.42 Å². The number of halogens is 1. The summed E-state index contributed by atoms with van der Waals surface area (Å²) in [4.78, 5) is 11.9. The molecule has 2 rings (SSSR count). The van der Waals surface area contributed by atoms with E-state index < -0.39 is 0 Å². The third-order valence-electron chi connectivity index (χ3n) is 2.74. The molecule has 1 amide bonds. The predicted octanol–water partition coefficient (Wildman–Crippen LogP) is 3.69. The number of nitrogens with one attached hydrogen (secondary N) is 1. The van der Waals surface area contributed by atoms with Crippen molar-refractivity contribution in [2.45, 2.75) is 13.3 Å². The van der Waals surface area contributed by atoms with Crippen LogP contribution >= 0.6 is 11.6 Å². The van der Waals surface area contributed by atoms with E-state index in [0.29, 0.717) is 17.0 Å². The highest BCUT2D eigenvalue weighted by Crippen LogP contribution is 2.10. The molecule has 0 heterocycles. The van der Waals surface area contributed by atoms with Crippen molar-refractivity contribution in [2.75, 3.05) is 0 Å².